The van der Waals surface area contributed by atoms with E-state index in [1.807, 2.05) is 31.1 Å². The maximum Gasteiger partial charge on any atom is 0.161 e. The Labute approximate surface area is 95.8 Å². The molecule has 0 aliphatic rings. The molecule has 4 nitrogen and oxygen atoms in total. The normalized spacial score (nSPS) is 12.3. The first kappa shape index (κ1) is 12.5. The Morgan fingerprint density at radius 1 is 1.19 bits per heavy atom. The number of ether oxygens (including phenoxy) is 2. The van der Waals surface area contributed by atoms with Crippen molar-refractivity contribution in [1.29, 1.82) is 0 Å². The van der Waals surface area contributed by atoms with Gasteiger partial charge in [-0.1, -0.05) is 6.07 Å². The van der Waals surface area contributed by atoms with Crippen LogP contribution in [0.2, 0.25) is 0 Å². The average Bonchev–Trinajstić information content (AvgIpc) is 2.29. The van der Waals surface area contributed by atoms with Crippen LogP contribution in [0.1, 0.15) is 11.6 Å². The largest absolute Gasteiger partial charge is 0.493 e. The van der Waals surface area contributed by atoms with Crippen LogP contribution in [0.25, 0.3) is 0 Å². The summed E-state index contributed by atoms with van der Waals surface area (Å²) in [6.45, 7) is 0. The van der Waals surface area contributed by atoms with Crippen molar-refractivity contribution >= 4 is 6.29 Å². The van der Waals surface area contributed by atoms with E-state index in [1.165, 1.54) is 0 Å². The van der Waals surface area contributed by atoms with Crippen LogP contribution >= 0.6 is 0 Å². The molecule has 0 aromatic heterocycles. The van der Waals surface area contributed by atoms with Gasteiger partial charge in [-0.2, -0.15) is 0 Å². The molecule has 0 radical (unpaired) electrons. The van der Waals surface area contributed by atoms with Crippen LogP contribution in [0.3, 0.4) is 0 Å². The molecule has 0 amide bonds. The highest BCUT2D eigenvalue weighted by Gasteiger charge is 2.15. The van der Waals surface area contributed by atoms with Crippen LogP contribution in [-0.4, -0.2) is 39.5 Å². The maximum atomic E-state index is 11.0. The van der Waals surface area contributed by atoms with Crippen LogP contribution in [0, 0.1) is 0 Å². The first-order valence-corrected chi connectivity index (χ1v) is 4.97. The fourth-order valence-electron chi connectivity index (χ4n) is 1.54. The molecule has 1 rings (SSSR count). The van der Waals surface area contributed by atoms with E-state index in [0.717, 1.165) is 11.8 Å². The summed E-state index contributed by atoms with van der Waals surface area (Å²) in [4.78, 5) is 12.8. The molecule has 0 heterocycles. The molecule has 1 aromatic rings. The maximum absolute atomic E-state index is 11.0. The first-order chi connectivity index (χ1) is 7.63. The lowest BCUT2D eigenvalue weighted by molar-refractivity contribution is -0.111. The first-order valence-electron chi connectivity index (χ1n) is 4.97. The number of benzene rings is 1. The van der Waals surface area contributed by atoms with Crippen molar-refractivity contribution in [2.45, 2.75) is 6.04 Å². The van der Waals surface area contributed by atoms with Gasteiger partial charge in [-0.05, 0) is 31.8 Å². The SMILES string of the molecule is COc1ccc(C(C=O)N(C)C)cc1OC. The third kappa shape index (κ3) is 2.52. The minimum Gasteiger partial charge on any atom is -0.493 e. The molecule has 1 unspecified atom stereocenters. The van der Waals surface area contributed by atoms with Crippen molar-refractivity contribution in [3.63, 3.8) is 0 Å². The number of methoxy groups -OCH3 is 2. The van der Waals surface area contributed by atoms with Crippen LogP contribution in [0.4, 0.5) is 0 Å². The second kappa shape index (κ2) is 5.51. The molecule has 0 spiro atoms. The number of likely N-dealkylation sites (N-methyl/N-ethyl adjacent to an activating group) is 1. The summed E-state index contributed by atoms with van der Waals surface area (Å²) in [6.07, 6.45) is 0.904. The highest BCUT2D eigenvalue weighted by atomic mass is 16.5. The molecule has 0 saturated heterocycles. The second-order valence-corrected chi connectivity index (χ2v) is 3.66. The molecule has 0 aliphatic carbocycles. The zero-order chi connectivity index (χ0) is 12.1. The summed E-state index contributed by atoms with van der Waals surface area (Å²) in [5.74, 6) is 1.29. The molecule has 4 heteroatoms. The number of rotatable bonds is 5. The molecule has 1 aromatic carbocycles. The Morgan fingerprint density at radius 2 is 1.81 bits per heavy atom. The lowest BCUT2D eigenvalue weighted by atomic mass is 10.1. The van der Waals surface area contributed by atoms with E-state index in [4.69, 9.17) is 9.47 Å². The van der Waals surface area contributed by atoms with E-state index in [1.54, 1.807) is 20.3 Å². The van der Waals surface area contributed by atoms with Crippen LogP contribution < -0.4 is 9.47 Å². The molecule has 0 fully saturated rings. The Morgan fingerprint density at radius 3 is 2.25 bits per heavy atom. The van der Waals surface area contributed by atoms with Gasteiger partial charge in [0.15, 0.2) is 11.5 Å². The predicted octanol–water partition coefficient (Wildman–Crippen LogP) is 1.51. The zero-order valence-electron chi connectivity index (χ0n) is 10.1. The summed E-state index contributed by atoms with van der Waals surface area (Å²) >= 11 is 0. The Kier molecular flexibility index (Phi) is 4.31. The summed E-state index contributed by atoms with van der Waals surface area (Å²) in [5.41, 5.74) is 0.887. The summed E-state index contributed by atoms with van der Waals surface area (Å²) in [5, 5.41) is 0. The smallest absolute Gasteiger partial charge is 0.161 e. The van der Waals surface area contributed by atoms with Gasteiger partial charge >= 0.3 is 0 Å². The standard InChI is InChI=1S/C12H17NO3/c1-13(2)10(8-14)9-5-6-11(15-3)12(7-9)16-4/h5-8,10H,1-4H3. The Hall–Kier alpha value is -1.55. The molecule has 0 bridgehead atoms. The fourth-order valence-corrected chi connectivity index (χ4v) is 1.54. The third-order valence-corrected chi connectivity index (χ3v) is 2.43. The van der Waals surface area contributed by atoms with E-state index in [9.17, 15) is 4.79 Å². The molecular weight excluding hydrogens is 206 g/mol. The van der Waals surface area contributed by atoms with Gasteiger partial charge in [0.2, 0.25) is 0 Å². The van der Waals surface area contributed by atoms with Gasteiger partial charge in [-0.15, -0.1) is 0 Å². The number of carbonyl (C=O) groups excluding carboxylic acids is 1. The van der Waals surface area contributed by atoms with E-state index in [-0.39, 0.29) is 6.04 Å². The third-order valence-electron chi connectivity index (χ3n) is 2.43. The number of hydrogen-bond donors (Lipinski definition) is 0. The van der Waals surface area contributed by atoms with E-state index in [0.29, 0.717) is 11.5 Å². The Bertz CT molecular complexity index is 363. The lowest BCUT2D eigenvalue weighted by Crippen LogP contribution is -2.21. The fraction of sp³-hybridized carbons (Fsp3) is 0.417. The van der Waals surface area contributed by atoms with Crippen molar-refractivity contribution in [3.8, 4) is 11.5 Å². The zero-order valence-corrected chi connectivity index (χ0v) is 10.1. The number of hydrogen-bond acceptors (Lipinski definition) is 4. The number of nitrogens with zero attached hydrogens (tertiary/aromatic N) is 1. The quantitative estimate of drug-likeness (QED) is 0.709. The molecule has 0 saturated carbocycles. The predicted molar refractivity (Wildman–Crippen MR) is 62.0 cm³/mol. The van der Waals surface area contributed by atoms with Crippen molar-refractivity contribution in [2.24, 2.45) is 0 Å². The molecule has 88 valence electrons. The van der Waals surface area contributed by atoms with Gasteiger partial charge < -0.3 is 14.3 Å². The van der Waals surface area contributed by atoms with Crippen molar-refractivity contribution in [1.82, 2.24) is 4.90 Å². The van der Waals surface area contributed by atoms with Crippen LogP contribution in [-0.2, 0) is 4.79 Å². The summed E-state index contributed by atoms with van der Waals surface area (Å²) in [6, 6.07) is 5.21. The number of carbonyl (C=O) groups is 1. The highest BCUT2D eigenvalue weighted by molar-refractivity contribution is 5.62. The van der Waals surface area contributed by atoms with Crippen molar-refractivity contribution in [2.75, 3.05) is 28.3 Å². The lowest BCUT2D eigenvalue weighted by Gasteiger charge is -2.19. The Balaban J connectivity index is 3.10. The summed E-state index contributed by atoms with van der Waals surface area (Å²) < 4.78 is 10.3. The van der Waals surface area contributed by atoms with E-state index >= 15 is 0 Å². The molecule has 16 heavy (non-hydrogen) atoms. The molecule has 1 atom stereocenters. The highest BCUT2D eigenvalue weighted by Crippen LogP contribution is 2.30. The van der Waals surface area contributed by atoms with Gasteiger partial charge in [0.05, 0.1) is 20.3 Å². The van der Waals surface area contributed by atoms with Gasteiger partial charge in [0, 0.05) is 0 Å². The minimum absolute atomic E-state index is 0.264. The molecular formula is C12H17NO3. The molecule has 0 aliphatic heterocycles. The monoisotopic (exact) mass is 223 g/mol. The van der Waals surface area contributed by atoms with Crippen LogP contribution in [0.5, 0.6) is 11.5 Å². The topological polar surface area (TPSA) is 38.8 Å². The van der Waals surface area contributed by atoms with Gasteiger partial charge in [0.25, 0.3) is 0 Å². The van der Waals surface area contributed by atoms with Crippen molar-refractivity contribution < 1.29 is 14.3 Å². The van der Waals surface area contributed by atoms with E-state index < -0.39 is 0 Å². The second-order valence-electron chi connectivity index (χ2n) is 3.66. The minimum atomic E-state index is -0.264. The van der Waals surface area contributed by atoms with Crippen molar-refractivity contribution in [3.05, 3.63) is 23.8 Å². The van der Waals surface area contributed by atoms with Gasteiger partial charge in [0.1, 0.15) is 6.29 Å². The van der Waals surface area contributed by atoms with Crippen LogP contribution in [0.15, 0.2) is 18.2 Å². The number of aldehydes is 1. The van der Waals surface area contributed by atoms with Gasteiger partial charge in [-0.3, -0.25) is 4.90 Å². The average molecular weight is 223 g/mol. The summed E-state index contributed by atoms with van der Waals surface area (Å²) in [7, 11) is 6.87. The van der Waals surface area contributed by atoms with Gasteiger partial charge in [-0.25, -0.2) is 0 Å². The molecule has 0 N–H and O–H groups in total. The van der Waals surface area contributed by atoms with E-state index in [2.05, 4.69) is 0 Å².